The van der Waals surface area contributed by atoms with E-state index in [1.54, 1.807) is 7.05 Å². The van der Waals surface area contributed by atoms with Crippen molar-refractivity contribution in [2.24, 2.45) is 16.3 Å². The Kier molecular flexibility index (Phi) is 10.1. The number of nitrogens with one attached hydrogen (secondary N) is 2. The van der Waals surface area contributed by atoms with Crippen molar-refractivity contribution in [1.82, 2.24) is 10.6 Å². The highest BCUT2D eigenvalue weighted by atomic mass is 32.2. The molecule has 0 aliphatic heterocycles. The zero-order chi connectivity index (χ0) is 22.9. The summed E-state index contributed by atoms with van der Waals surface area (Å²) in [4.78, 5) is 4.30. The minimum atomic E-state index is -2.96. The van der Waals surface area contributed by atoms with E-state index in [4.69, 9.17) is 4.74 Å². The van der Waals surface area contributed by atoms with Crippen molar-refractivity contribution in [3.8, 4) is 5.75 Å². The molecule has 0 heterocycles. The zero-order valence-corrected chi connectivity index (χ0v) is 20.8. The van der Waals surface area contributed by atoms with Gasteiger partial charge in [0.05, 0.1) is 11.9 Å². The minimum absolute atomic E-state index is 0.152. The van der Waals surface area contributed by atoms with Crippen LogP contribution in [0.4, 0.5) is 0 Å². The Labute approximate surface area is 183 Å². The maximum atomic E-state index is 11.5. The normalized spacial score (nSPS) is 14.0. The molecule has 1 rings (SSSR count). The molecule has 0 aliphatic rings. The number of hydrogen-bond donors (Lipinski definition) is 2. The van der Waals surface area contributed by atoms with Gasteiger partial charge in [-0.05, 0) is 49.7 Å². The number of sulfone groups is 1. The highest BCUT2D eigenvalue weighted by Gasteiger charge is 2.20. The Bertz CT molecular complexity index is 802. The number of benzene rings is 1. The predicted molar refractivity (Wildman–Crippen MR) is 127 cm³/mol. The molecule has 2 N–H and O–H groups in total. The van der Waals surface area contributed by atoms with E-state index in [1.807, 2.05) is 0 Å². The first-order valence-electron chi connectivity index (χ1n) is 10.7. The van der Waals surface area contributed by atoms with E-state index >= 15 is 0 Å². The Morgan fingerprint density at radius 2 is 1.87 bits per heavy atom. The summed E-state index contributed by atoms with van der Waals surface area (Å²) in [6.07, 6.45) is 3.03. The maximum Gasteiger partial charge on any atom is 0.191 e. The zero-order valence-electron chi connectivity index (χ0n) is 20.0. The van der Waals surface area contributed by atoms with Crippen LogP contribution < -0.4 is 15.4 Å². The van der Waals surface area contributed by atoms with Crippen LogP contribution in [-0.2, 0) is 16.4 Å². The van der Waals surface area contributed by atoms with Crippen LogP contribution in [0.5, 0.6) is 5.75 Å². The molecule has 0 saturated carbocycles. The Hall–Kier alpha value is -1.76. The number of hydrogen-bond acceptors (Lipinski definition) is 4. The second kappa shape index (κ2) is 11.6. The molecule has 1 aromatic carbocycles. The number of nitrogens with zero attached hydrogens (tertiary/aromatic N) is 1. The Balaban J connectivity index is 2.70. The second-order valence-corrected chi connectivity index (χ2v) is 11.8. The molecule has 1 aromatic rings. The second-order valence-electron chi connectivity index (χ2n) is 9.49. The summed E-state index contributed by atoms with van der Waals surface area (Å²) >= 11 is 0. The molecule has 0 fully saturated rings. The summed E-state index contributed by atoms with van der Waals surface area (Å²) in [5.41, 5.74) is 2.08. The molecule has 0 amide bonds. The molecule has 1 unspecified atom stereocenters. The maximum absolute atomic E-state index is 11.5. The van der Waals surface area contributed by atoms with Crippen LogP contribution in [0, 0.1) is 18.3 Å². The van der Waals surface area contributed by atoms with Gasteiger partial charge in [-0.2, -0.15) is 0 Å². The van der Waals surface area contributed by atoms with Gasteiger partial charge in [-0.25, -0.2) is 8.42 Å². The molecule has 0 bridgehead atoms. The largest absolute Gasteiger partial charge is 0.490 e. The number of ether oxygens (including phenoxy) is 1. The summed E-state index contributed by atoms with van der Waals surface area (Å²) in [6, 6.07) is 6.25. The number of aliphatic imine (C=N–C) groups is 1. The minimum Gasteiger partial charge on any atom is -0.490 e. The van der Waals surface area contributed by atoms with E-state index in [0.717, 1.165) is 17.7 Å². The molecule has 30 heavy (non-hydrogen) atoms. The Morgan fingerprint density at radius 3 is 2.43 bits per heavy atom. The number of guanidine groups is 1. The van der Waals surface area contributed by atoms with Crippen molar-refractivity contribution in [2.75, 3.05) is 25.6 Å². The quantitative estimate of drug-likeness (QED) is 0.403. The summed E-state index contributed by atoms with van der Waals surface area (Å²) in [5, 5.41) is 6.66. The third-order valence-electron chi connectivity index (χ3n) is 4.91. The molecule has 0 aromatic heterocycles. The number of rotatable bonds is 11. The van der Waals surface area contributed by atoms with Crippen molar-refractivity contribution in [1.29, 1.82) is 0 Å². The third kappa shape index (κ3) is 10.9. The fraction of sp³-hybridized carbons (Fsp3) is 0.696. The highest BCUT2D eigenvalue weighted by Crippen LogP contribution is 2.23. The average molecular weight is 440 g/mol. The SMILES string of the molecule is CN=C(NCc1ccc(C)cc1OC(C)CC(C)C)NCC(C)(C)CCS(C)(=O)=O. The third-order valence-corrected chi connectivity index (χ3v) is 5.85. The van der Waals surface area contributed by atoms with Crippen LogP contribution in [0.25, 0.3) is 0 Å². The van der Waals surface area contributed by atoms with Crippen molar-refractivity contribution in [3.63, 3.8) is 0 Å². The summed E-state index contributed by atoms with van der Waals surface area (Å²) < 4.78 is 29.1. The van der Waals surface area contributed by atoms with Gasteiger partial charge in [0, 0.05) is 32.0 Å². The molecule has 6 nitrogen and oxygen atoms in total. The average Bonchev–Trinajstić information content (AvgIpc) is 2.60. The lowest BCUT2D eigenvalue weighted by atomic mass is 9.90. The van der Waals surface area contributed by atoms with Gasteiger partial charge >= 0.3 is 0 Å². The van der Waals surface area contributed by atoms with Crippen molar-refractivity contribution < 1.29 is 13.2 Å². The van der Waals surface area contributed by atoms with E-state index in [1.165, 1.54) is 11.8 Å². The summed E-state index contributed by atoms with van der Waals surface area (Å²) in [6.45, 7) is 13.9. The topological polar surface area (TPSA) is 79.8 Å². The molecule has 172 valence electrons. The highest BCUT2D eigenvalue weighted by molar-refractivity contribution is 7.90. The van der Waals surface area contributed by atoms with E-state index in [9.17, 15) is 8.42 Å². The summed E-state index contributed by atoms with van der Waals surface area (Å²) in [5.74, 6) is 2.36. The summed E-state index contributed by atoms with van der Waals surface area (Å²) in [7, 11) is -1.23. The van der Waals surface area contributed by atoms with Crippen LogP contribution in [0.1, 0.15) is 58.6 Å². The number of aryl methyl sites for hydroxylation is 1. The van der Waals surface area contributed by atoms with Gasteiger partial charge in [0.25, 0.3) is 0 Å². The fourth-order valence-corrected chi connectivity index (χ4v) is 4.04. The van der Waals surface area contributed by atoms with Crippen LogP contribution in [0.2, 0.25) is 0 Å². The van der Waals surface area contributed by atoms with E-state index < -0.39 is 9.84 Å². The monoisotopic (exact) mass is 439 g/mol. The van der Waals surface area contributed by atoms with Crippen LogP contribution in [0.3, 0.4) is 0 Å². The van der Waals surface area contributed by atoms with E-state index in [2.05, 4.69) is 75.4 Å². The fourth-order valence-electron chi connectivity index (χ4n) is 3.12. The van der Waals surface area contributed by atoms with Crippen LogP contribution >= 0.6 is 0 Å². The molecule has 1 atom stereocenters. The van der Waals surface area contributed by atoms with Gasteiger partial charge in [0.1, 0.15) is 15.6 Å². The molecule has 0 saturated heterocycles. The lowest BCUT2D eigenvalue weighted by molar-refractivity contribution is 0.191. The molecular weight excluding hydrogens is 398 g/mol. The first kappa shape index (κ1) is 26.3. The van der Waals surface area contributed by atoms with Gasteiger partial charge in [0.15, 0.2) is 5.96 Å². The van der Waals surface area contributed by atoms with Crippen molar-refractivity contribution in [3.05, 3.63) is 29.3 Å². The molecule has 0 aliphatic carbocycles. The first-order chi connectivity index (χ1) is 13.8. The van der Waals surface area contributed by atoms with Crippen LogP contribution in [0.15, 0.2) is 23.2 Å². The smallest absolute Gasteiger partial charge is 0.191 e. The van der Waals surface area contributed by atoms with Gasteiger partial charge in [-0.3, -0.25) is 4.99 Å². The molecule has 0 spiro atoms. The standard InChI is InChI=1S/C23H41N3O3S/c1-17(2)13-19(4)29-21-14-18(3)9-10-20(21)15-25-22(24-7)26-16-23(5,6)11-12-30(8,27)28/h9-10,14,17,19H,11-13,15-16H2,1-8H3,(H2,24,25,26). The van der Waals surface area contributed by atoms with Gasteiger partial charge in [-0.1, -0.05) is 39.8 Å². The lowest BCUT2D eigenvalue weighted by Gasteiger charge is -2.26. The van der Waals surface area contributed by atoms with E-state index in [-0.39, 0.29) is 17.3 Å². The molecule has 7 heteroatoms. The predicted octanol–water partition coefficient (Wildman–Crippen LogP) is 3.93. The molecular formula is C23H41N3O3S. The van der Waals surface area contributed by atoms with Crippen molar-refractivity contribution in [2.45, 2.75) is 67.0 Å². The Morgan fingerprint density at radius 1 is 1.20 bits per heavy atom. The van der Waals surface area contributed by atoms with Gasteiger partial charge < -0.3 is 15.4 Å². The molecule has 0 radical (unpaired) electrons. The first-order valence-corrected chi connectivity index (χ1v) is 12.8. The lowest BCUT2D eigenvalue weighted by Crippen LogP contribution is -2.42. The van der Waals surface area contributed by atoms with Crippen molar-refractivity contribution >= 4 is 15.8 Å². The van der Waals surface area contributed by atoms with Crippen LogP contribution in [-0.4, -0.2) is 46.1 Å². The van der Waals surface area contributed by atoms with E-state index in [0.29, 0.717) is 31.4 Å². The van der Waals surface area contributed by atoms with Gasteiger partial charge in [-0.15, -0.1) is 0 Å². The van der Waals surface area contributed by atoms with Gasteiger partial charge in [0.2, 0.25) is 0 Å².